The predicted molar refractivity (Wildman–Crippen MR) is 61.1 cm³/mol. The molecule has 1 aromatic carbocycles. The van der Waals surface area contributed by atoms with Gasteiger partial charge in [0.15, 0.2) is 0 Å². The van der Waals surface area contributed by atoms with Crippen molar-refractivity contribution in [2.75, 3.05) is 24.5 Å². The van der Waals surface area contributed by atoms with Crippen LogP contribution in [0.2, 0.25) is 0 Å². The summed E-state index contributed by atoms with van der Waals surface area (Å²) in [6, 6.07) is 6.25. The summed E-state index contributed by atoms with van der Waals surface area (Å²) in [7, 11) is 0. The van der Waals surface area contributed by atoms with Crippen LogP contribution in [0.5, 0.6) is 0 Å². The molecule has 2 rings (SSSR count). The number of hydrogen-bond donors (Lipinski definition) is 1. The zero-order valence-electron chi connectivity index (χ0n) is 9.21. The molecule has 0 unspecified atom stereocenters. The molecule has 15 heavy (non-hydrogen) atoms. The summed E-state index contributed by atoms with van der Waals surface area (Å²) in [5.74, 6) is 0.159. The van der Waals surface area contributed by atoms with Crippen molar-refractivity contribution in [2.45, 2.75) is 13.8 Å². The molecule has 1 aliphatic heterocycles. The highest BCUT2D eigenvalue weighted by Crippen LogP contribution is 2.19. The number of carbonyl (C=O) groups is 1. The van der Waals surface area contributed by atoms with Crippen LogP contribution in [0, 0.1) is 13.8 Å². The molecule has 1 saturated heterocycles. The molecule has 1 aromatic rings. The van der Waals surface area contributed by atoms with E-state index in [0.29, 0.717) is 6.54 Å². The number of nitrogens with zero attached hydrogens (tertiary/aromatic N) is 1. The van der Waals surface area contributed by atoms with E-state index < -0.39 is 0 Å². The van der Waals surface area contributed by atoms with Gasteiger partial charge in [-0.25, -0.2) is 0 Å². The highest BCUT2D eigenvalue weighted by Gasteiger charge is 2.19. The third kappa shape index (κ3) is 2.18. The van der Waals surface area contributed by atoms with Gasteiger partial charge in [-0.2, -0.15) is 0 Å². The van der Waals surface area contributed by atoms with E-state index in [1.165, 1.54) is 11.1 Å². The number of carbonyl (C=O) groups excluding carboxylic acids is 1. The van der Waals surface area contributed by atoms with E-state index >= 15 is 0 Å². The van der Waals surface area contributed by atoms with Crippen molar-refractivity contribution < 1.29 is 4.79 Å². The number of nitrogens with one attached hydrogen (secondary N) is 1. The van der Waals surface area contributed by atoms with Gasteiger partial charge in [-0.1, -0.05) is 6.07 Å². The van der Waals surface area contributed by atoms with E-state index in [1.54, 1.807) is 0 Å². The van der Waals surface area contributed by atoms with Gasteiger partial charge >= 0.3 is 0 Å². The molecular weight excluding hydrogens is 188 g/mol. The number of piperazine rings is 1. The van der Waals surface area contributed by atoms with Gasteiger partial charge in [-0.05, 0) is 37.1 Å². The van der Waals surface area contributed by atoms with Gasteiger partial charge in [0.05, 0.1) is 6.54 Å². The molecular formula is C12H16N2O. The Morgan fingerprint density at radius 2 is 1.87 bits per heavy atom. The van der Waals surface area contributed by atoms with Crippen LogP contribution >= 0.6 is 0 Å². The SMILES string of the molecule is Cc1cc(C)cc(N2CCNCC2=O)c1. The normalized spacial score (nSPS) is 16.9. The topological polar surface area (TPSA) is 32.3 Å². The van der Waals surface area contributed by atoms with Crippen molar-refractivity contribution in [3.05, 3.63) is 29.3 Å². The number of amides is 1. The smallest absolute Gasteiger partial charge is 0.240 e. The molecule has 1 N–H and O–H groups in total. The number of rotatable bonds is 1. The van der Waals surface area contributed by atoms with E-state index in [9.17, 15) is 4.79 Å². The van der Waals surface area contributed by atoms with Gasteiger partial charge in [0, 0.05) is 18.8 Å². The maximum Gasteiger partial charge on any atom is 0.240 e. The minimum atomic E-state index is 0.159. The van der Waals surface area contributed by atoms with E-state index in [2.05, 4.69) is 37.4 Å². The first kappa shape index (κ1) is 10.2. The van der Waals surface area contributed by atoms with Crippen molar-refractivity contribution in [1.29, 1.82) is 0 Å². The van der Waals surface area contributed by atoms with Crippen LogP contribution in [0.3, 0.4) is 0 Å². The molecule has 1 aliphatic rings. The van der Waals surface area contributed by atoms with Crippen LogP contribution in [0.15, 0.2) is 18.2 Å². The Morgan fingerprint density at radius 1 is 1.20 bits per heavy atom. The van der Waals surface area contributed by atoms with Gasteiger partial charge in [0.1, 0.15) is 0 Å². The van der Waals surface area contributed by atoms with E-state index in [0.717, 1.165) is 18.8 Å². The van der Waals surface area contributed by atoms with Crippen molar-refractivity contribution in [1.82, 2.24) is 5.32 Å². The van der Waals surface area contributed by atoms with Crippen LogP contribution in [0.25, 0.3) is 0 Å². The Balaban J connectivity index is 2.31. The number of hydrogen-bond acceptors (Lipinski definition) is 2. The maximum atomic E-state index is 11.7. The summed E-state index contributed by atoms with van der Waals surface area (Å²) in [5, 5.41) is 3.07. The minimum absolute atomic E-state index is 0.159. The summed E-state index contributed by atoms with van der Waals surface area (Å²) in [6.45, 7) is 6.21. The minimum Gasteiger partial charge on any atom is -0.310 e. The molecule has 1 heterocycles. The van der Waals surface area contributed by atoms with Crippen LogP contribution < -0.4 is 10.2 Å². The molecule has 0 bridgehead atoms. The van der Waals surface area contributed by atoms with Crippen molar-refractivity contribution in [3.8, 4) is 0 Å². The Labute approximate surface area is 90.1 Å². The molecule has 3 heteroatoms. The summed E-state index contributed by atoms with van der Waals surface area (Å²) < 4.78 is 0. The van der Waals surface area contributed by atoms with Gasteiger partial charge in [-0.3, -0.25) is 4.79 Å². The third-order valence-corrected chi connectivity index (χ3v) is 2.61. The lowest BCUT2D eigenvalue weighted by Crippen LogP contribution is -2.48. The molecule has 0 spiro atoms. The van der Waals surface area contributed by atoms with Crippen molar-refractivity contribution in [3.63, 3.8) is 0 Å². The Kier molecular flexibility index (Phi) is 2.73. The molecule has 1 fully saturated rings. The van der Waals surface area contributed by atoms with Crippen LogP contribution in [-0.4, -0.2) is 25.5 Å². The summed E-state index contributed by atoms with van der Waals surface area (Å²) >= 11 is 0. The summed E-state index contributed by atoms with van der Waals surface area (Å²) in [4.78, 5) is 13.5. The quantitative estimate of drug-likeness (QED) is 0.746. The molecule has 0 aromatic heterocycles. The fourth-order valence-corrected chi connectivity index (χ4v) is 1.99. The first-order chi connectivity index (χ1) is 7.16. The Bertz CT molecular complexity index is 367. The monoisotopic (exact) mass is 204 g/mol. The number of benzene rings is 1. The van der Waals surface area contributed by atoms with E-state index in [-0.39, 0.29) is 5.91 Å². The average Bonchev–Trinajstić information content (AvgIpc) is 2.16. The highest BCUT2D eigenvalue weighted by atomic mass is 16.2. The Morgan fingerprint density at radius 3 is 2.47 bits per heavy atom. The highest BCUT2D eigenvalue weighted by molar-refractivity contribution is 5.95. The van der Waals surface area contributed by atoms with Gasteiger partial charge in [0.2, 0.25) is 5.91 Å². The zero-order chi connectivity index (χ0) is 10.8. The predicted octanol–water partition coefficient (Wildman–Crippen LogP) is 1.24. The van der Waals surface area contributed by atoms with Crippen molar-refractivity contribution in [2.24, 2.45) is 0 Å². The molecule has 0 saturated carbocycles. The van der Waals surface area contributed by atoms with Gasteiger partial charge in [-0.15, -0.1) is 0 Å². The first-order valence-electron chi connectivity index (χ1n) is 5.26. The lowest BCUT2D eigenvalue weighted by atomic mass is 10.1. The lowest BCUT2D eigenvalue weighted by Gasteiger charge is -2.28. The average molecular weight is 204 g/mol. The molecule has 3 nitrogen and oxygen atoms in total. The van der Waals surface area contributed by atoms with Crippen LogP contribution in [0.4, 0.5) is 5.69 Å². The first-order valence-corrected chi connectivity index (χ1v) is 5.26. The largest absolute Gasteiger partial charge is 0.310 e. The van der Waals surface area contributed by atoms with Gasteiger partial charge < -0.3 is 10.2 Å². The second-order valence-corrected chi connectivity index (χ2v) is 4.07. The fraction of sp³-hybridized carbons (Fsp3) is 0.417. The van der Waals surface area contributed by atoms with E-state index in [1.807, 2.05) is 4.90 Å². The molecule has 80 valence electrons. The molecule has 0 atom stereocenters. The standard InChI is InChI=1S/C12H16N2O/c1-9-5-10(2)7-11(6-9)14-4-3-13-8-12(14)15/h5-7,13H,3-4,8H2,1-2H3. The van der Waals surface area contributed by atoms with E-state index in [4.69, 9.17) is 0 Å². The third-order valence-electron chi connectivity index (χ3n) is 2.61. The van der Waals surface area contributed by atoms with Crippen LogP contribution in [0.1, 0.15) is 11.1 Å². The van der Waals surface area contributed by atoms with Crippen molar-refractivity contribution >= 4 is 11.6 Å². The summed E-state index contributed by atoms with van der Waals surface area (Å²) in [5.41, 5.74) is 3.44. The zero-order valence-corrected chi connectivity index (χ0v) is 9.21. The second kappa shape index (κ2) is 4.03. The van der Waals surface area contributed by atoms with Crippen LogP contribution in [-0.2, 0) is 4.79 Å². The number of aryl methyl sites for hydroxylation is 2. The Hall–Kier alpha value is -1.35. The molecule has 1 amide bonds. The summed E-state index contributed by atoms with van der Waals surface area (Å²) in [6.07, 6.45) is 0. The molecule has 0 aliphatic carbocycles. The second-order valence-electron chi connectivity index (χ2n) is 4.07. The lowest BCUT2D eigenvalue weighted by molar-refractivity contribution is -0.118. The van der Waals surface area contributed by atoms with Gasteiger partial charge in [0.25, 0.3) is 0 Å². The molecule has 0 radical (unpaired) electrons. The fourth-order valence-electron chi connectivity index (χ4n) is 1.99. The maximum absolute atomic E-state index is 11.7. The number of anilines is 1.